The lowest BCUT2D eigenvalue weighted by atomic mass is 10.1. The molecule has 0 spiro atoms. The average Bonchev–Trinajstić information content (AvgIpc) is 3.06. The zero-order valence-electron chi connectivity index (χ0n) is 14.5. The van der Waals surface area contributed by atoms with Crippen molar-refractivity contribution in [1.29, 1.82) is 0 Å². The Morgan fingerprint density at radius 3 is 2.73 bits per heavy atom. The number of carbonyl (C=O) groups is 1. The number of amides is 1. The van der Waals surface area contributed by atoms with Crippen molar-refractivity contribution in [3.05, 3.63) is 47.3 Å². The number of benzene rings is 1. The molecule has 1 aliphatic heterocycles. The van der Waals surface area contributed by atoms with Crippen LogP contribution in [0, 0.1) is 0 Å². The van der Waals surface area contributed by atoms with Gasteiger partial charge in [0.25, 0.3) is 5.91 Å². The standard InChI is InChI=1S/C17H22N4O3S.ClH/c1-2-12(11-25(23,24)13-6-4-3-5-7-13)19-17(22)16-14-10-18-9-8-15(14)20-21-16;/h3-7,12,18H,2,8-11H2,1H3,(H,19,22)(H,20,21);1H. The van der Waals surface area contributed by atoms with Crippen LogP contribution in [-0.2, 0) is 22.8 Å². The summed E-state index contributed by atoms with van der Waals surface area (Å²) < 4.78 is 25.0. The van der Waals surface area contributed by atoms with Crippen LogP contribution in [-0.4, -0.2) is 42.9 Å². The van der Waals surface area contributed by atoms with Gasteiger partial charge < -0.3 is 10.6 Å². The molecule has 2 heterocycles. The second-order valence-corrected chi connectivity index (χ2v) is 8.16. The van der Waals surface area contributed by atoms with Gasteiger partial charge in [0.15, 0.2) is 15.5 Å². The number of aromatic nitrogens is 2. The predicted octanol–water partition coefficient (Wildman–Crippen LogP) is 1.46. The van der Waals surface area contributed by atoms with Gasteiger partial charge in [-0.05, 0) is 18.6 Å². The molecule has 0 radical (unpaired) electrons. The van der Waals surface area contributed by atoms with E-state index in [-0.39, 0.29) is 29.0 Å². The van der Waals surface area contributed by atoms with Gasteiger partial charge in [-0.15, -0.1) is 12.4 Å². The SMILES string of the molecule is CCC(CS(=O)(=O)c1ccccc1)NC(=O)c1n[nH]c2c1CNCC2.Cl. The first kappa shape index (κ1) is 20.4. The van der Waals surface area contributed by atoms with Gasteiger partial charge in [0.05, 0.1) is 10.6 Å². The summed E-state index contributed by atoms with van der Waals surface area (Å²) >= 11 is 0. The van der Waals surface area contributed by atoms with E-state index < -0.39 is 15.9 Å². The highest BCUT2D eigenvalue weighted by molar-refractivity contribution is 7.91. The molecule has 1 amide bonds. The van der Waals surface area contributed by atoms with Crippen LogP contribution in [0.15, 0.2) is 35.2 Å². The van der Waals surface area contributed by atoms with E-state index in [9.17, 15) is 13.2 Å². The fourth-order valence-electron chi connectivity index (χ4n) is 2.92. The Kier molecular flexibility index (Phi) is 6.80. The number of fused-ring (bicyclic) bond motifs is 1. The van der Waals surface area contributed by atoms with E-state index in [0.29, 0.717) is 18.7 Å². The molecule has 3 N–H and O–H groups in total. The van der Waals surface area contributed by atoms with Gasteiger partial charge >= 0.3 is 0 Å². The molecule has 0 bridgehead atoms. The number of hydrogen-bond donors (Lipinski definition) is 3. The minimum atomic E-state index is -3.46. The summed E-state index contributed by atoms with van der Waals surface area (Å²) in [6.07, 6.45) is 1.32. The van der Waals surface area contributed by atoms with Crippen molar-refractivity contribution >= 4 is 28.2 Å². The molecule has 0 fully saturated rings. The van der Waals surface area contributed by atoms with Crippen LogP contribution >= 0.6 is 12.4 Å². The minimum Gasteiger partial charge on any atom is -0.347 e. The maximum atomic E-state index is 12.6. The summed E-state index contributed by atoms with van der Waals surface area (Å²) in [7, 11) is -3.46. The van der Waals surface area contributed by atoms with Gasteiger partial charge in [-0.1, -0.05) is 25.1 Å². The molecule has 1 aromatic carbocycles. The van der Waals surface area contributed by atoms with Crippen molar-refractivity contribution in [2.24, 2.45) is 0 Å². The number of sulfone groups is 1. The van der Waals surface area contributed by atoms with E-state index in [2.05, 4.69) is 20.8 Å². The molecule has 7 nitrogen and oxygen atoms in total. The highest BCUT2D eigenvalue weighted by atomic mass is 35.5. The average molecular weight is 399 g/mol. The third-order valence-electron chi connectivity index (χ3n) is 4.37. The summed E-state index contributed by atoms with van der Waals surface area (Å²) in [6, 6.07) is 7.82. The number of hydrogen-bond acceptors (Lipinski definition) is 5. The first-order valence-corrected chi connectivity index (χ1v) is 10.0. The minimum absolute atomic E-state index is 0. The molecule has 1 atom stereocenters. The Morgan fingerprint density at radius 2 is 2.04 bits per heavy atom. The summed E-state index contributed by atoms with van der Waals surface area (Å²) in [4.78, 5) is 12.8. The zero-order valence-corrected chi connectivity index (χ0v) is 16.1. The zero-order chi connectivity index (χ0) is 17.9. The number of nitrogens with one attached hydrogen (secondary N) is 3. The van der Waals surface area contributed by atoms with Crippen molar-refractivity contribution in [2.75, 3.05) is 12.3 Å². The van der Waals surface area contributed by atoms with E-state index in [0.717, 1.165) is 24.2 Å². The number of nitrogens with zero attached hydrogens (tertiary/aromatic N) is 1. The third kappa shape index (κ3) is 4.44. The van der Waals surface area contributed by atoms with Gasteiger partial charge in [0, 0.05) is 36.8 Å². The van der Waals surface area contributed by atoms with Gasteiger partial charge in [-0.3, -0.25) is 9.89 Å². The quantitative estimate of drug-likeness (QED) is 0.683. The Labute approximate surface area is 159 Å². The first-order chi connectivity index (χ1) is 12.0. The highest BCUT2D eigenvalue weighted by Gasteiger charge is 2.26. The molecule has 2 aromatic rings. The van der Waals surface area contributed by atoms with Crippen molar-refractivity contribution in [3.8, 4) is 0 Å². The summed E-state index contributed by atoms with van der Waals surface area (Å²) in [5.41, 5.74) is 2.18. The molecule has 1 aromatic heterocycles. The number of H-pyrrole nitrogens is 1. The smallest absolute Gasteiger partial charge is 0.272 e. The number of halogens is 1. The molecule has 142 valence electrons. The molecule has 9 heteroatoms. The van der Waals surface area contributed by atoms with Gasteiger partial charge in [0.2, 0.25) is 0 Å². The van der Waals surface area contributed by atoms with Crippen LogP contribution in [0.2, 0.25) is 0 Å². The van der Waals surface area contributed by atoms with Crippen molar-refractivity contribution in [1.82, 2.24) is 20.8 Å². The monoisotopic (exact) mass is 398 g/mol. The largest absolute Gasteiger partial charge is 0.347 e. The Morgan fingerprint density at radius 1 is 1.31 bits per heavy atom. The van der Waals surface area contributed by atoms with Gasteiger partial charge in [0.1, 0.15) is 0 Å². The number of aromatic amines is 1. The van der Waals surface area contributed by atoms with Crippen LogP contribution in [0.4, 0.5) is 0 Å². The van der Waals surface area contributed by atoms with Gasteiger partial charge in [-0.25, -0.2) is 8.42 Å². The predicted molar refractivity (Wildman–Crippen MR) is 101 cm³/mol. The molecule has 26 heavy (non-hydrogen) atoms. The highest BCUT2D eigenvalue weighted by Crippen LogP contribution is 2.16. The lowest BCUT2D eigenvalue weighted by Crippen LogP contribution is -2.40. The molecule has 1 unspecified atom stereocenters. The maximum absolute atomic E-state index is 12.6. The Hall–Kier alpha value is -1.90. The normalized spacial score (nSPS) is 14.8. The van der Waals surface area contributed by atoms with E-state index >= 15 is 0 Å². The van der Waals surface area contributed by atoms with Crippen LogP contribution in [0.25, 0.3) is 0 Å². The topological polar surface area (TPSA) is 104 Å². The number of carbonyl (C=O) groups excluding carboxylic acids is 1. The Bertz CT molecular complexity index is 852. The molecule has 0 aliphatic carbocycles. The second-order valence-electron chi connectivity index (χ2n) is 6.13. The van der Waals surface area contributed by atoms with Crippen LogP contribution < -0.4 is 10.6 Å². The van der Waals surface area contributed by atoms with E-state index in [4.69, 9.17) is 0 Å². The van der Waals surface area contributed by atoms with Crippen molar-refractivity contribution < 1.29 is 13.2 Å². The van der Waals surface area contributed by atoms with Crippen LogP contribution in [0.3, 0.4) is 0 Å². The Balaban J connectivity index is 0.00000243. The lowest BCUT2D eigenvalue weighted by molar-refractivity contribution is 0.0933. The number of rotatable bonds is 6. The fourth-order valence-corrected chi connectivity index (χ4v) is 4.53. The maximum Gasteiger partial charge on any atom is 0.272 e. The third-order valence-corrected chi connectivity index (χ3v) is 6.20. The van der Waals surface area contributed by atoms with E-state index in [1.54, 1.807) is 30.3 Å². The summed E-state index contributed by atoms with van der Waals surface area (Å²) in [5.74, 6) is -0.472. The van der Waals surface area contributed by atoms with Crippen LogP contribution in [0.5, 0.6) is 0 Å². The van der Waals surface area contributed by atoms with Crippen molar-refractivity contribution in [2.45, 2.75) is 37.2 Å². The molecular weight excluding hydrogens is 376 g/mol. The van der Waals surface area contributed by atoms with E-state index in [1.807, 2.05) is 6.92 Å². The van der Waals surface area contributed by atoms with Crippen LogP contribution in [0.1, 0.15) is 35.1 Å². The molecular formula is C17H23ClN4O3S. The molecule has 1 aliphatic rings. The first-order valence-electron chi connectivity index (χ1n) is 8.36. The molecule has 0 saturated heterocycles. The van der Waals surface area contributed by atoms with E-state index in [1.165, 1.54) is 0 Å². The summed E-state index contributed by atoms with van der Waals surface area (Å²) in [5, 5.41) is 13.0. The molecule has 3 rings (SSSR count). The second kappa shape index (κ2) is 8.66. The van der Waals surface area contributed by atoms with Crippen molar-refractivity contribution in [3.63, 3.8) is 0 Å². The lowest BCUT2D eigenvalue weighted by Gasteiger charge is -2.18. The van der Waals surface area contributed by atoms with Gasteiger partial charge in [-0.2, -0.15) is 5.10 Å². The fraction of sp³-hybridized carbons (Fsp3) is 0.412. The molecule has 0 saturated carbocycles. The summed E-state index contributed by atoms with van der Waals surface area (Å²) in [6.45, 7) is 3.30.